The van der Waals surface area contributed by atoms with E-state index in [0.29, 0.717) is 18.4 Å². The fourth-order valence-electron chi connectivity index (χ4n) is 1.41. The molecule has 13 heavy (non-hydrogen) atoms. The summed E-state index contributed by atoms with van der Waals surface area (Å²) < 4.78 is 0. The van der Waals surface area contributed by atoms with Crippen LogP contribution in [-0.2, 0) is 5.60 Å². The quantitative estimate of drug-likeness (QED) is 0.553. The molecule has 1 saturated carbocycles. The molecular formula is C9H9NO3. The number of aliphatic hydroxyl groups is 1. The maximum atomic E-state index is 10.6. The van der Waals surface area contributed by atoms with Crippen molar-refractivity contribution in [2.75, 3.05) is 0 Å². The van der Waals surface area contributed by atoms with E-state index in [2.05, 4.69) is 0 Å². The zero-order valence-electron chi connectivity index (χ0n) is 6.93. The molecule has 0 aromatic heterocycles. The Hall–Kier alpha value is -1.42. The van der Waals surface area contributed by atoms with Gasteiger partial charge < -0.3 is 5.11 Å². The molecule has 0 amide bonds. The molecule has 1 aromatic rings. The van der Waals surface area contributed by atoms with Crippen molar-refractivity contribution in [3.63, 3.8) is 0 Å². The van der Waals surface area contributed by atoms with Gasteiger partial charge in [0, 0.05) is 6.07 Å². The van der Waals surface area contributed by atoms with Gasteiger partial charge >= 0.3 is 0 Å². The number of para-hydroxylation sites is 1. The minimum Gasteiger partial charge on any atom is -0.385 e. The highest BCUT2D eigenvalue weighted by atomic mass is 16.6. The maximum Gasteiger partial charge on any atom is 0.275 e. The third-order valence-electron chi connectivity index (χ3n) is 2.33. The lowest BCUT2D eigenvalue weighted by Gasteiger charge is -2.07. The SMILES string of the molecule is O=[N+]([O-])c1ccccc1C1(O)CC1. The van der Waals surface area contributed by atoms with E-state index in [9.17, 15) is 15.2 Å². The Bertz CT molecular complexity index is 358. The normalized spacial score (nSPS) is 18.2. The van der Waals surface area contributed by atoms with Crippen LogP contribution in [0.4, 0.5) is 5.69 Å². The van der Waals surface area contributed by atoms with E-state index >= 15 is 0 Å². The monoisotopic (exact) mass is 179 g/mol. The van der Waals surface area contributed by atoms with Crippen molar-refractivity contribution in [3.8, 4) is 0 Å². The summed E-state index contributed by atoms with van der Waals surface area (Å²) >= 11 is 0. The zero-order valence-corrected chi connectivity index (χ0v) is 6.93. The van der Waals surface area contributed by atoms with Crippen LogP contribution in [0.3, 0.4) is 0 Å². The minimum atomic E-state index is -0.927. The fourth-order valence-corrected chi connectivity index (χ4v) is 1.41. The topological polar surface area (TPSA) is 63.4 Å². The Labute approximate surface area is 75.0 Å². The van der Waals surface area contributed by atoms with E-state index in [0.717, 1.165) is 0 Å². The van der Waals surface area contributed by atoms with Gasteiger partial charge in [-0.05, 0) is 18.9 Å². The van der Waals surface area contributed by atoms with Crippen LogP contribution in [0.25, 0.3) is 0 Å². The van der Waals surface area contributed by atoms with Crippen molar-refractivity contribution < 1.29 is 10.0 Å². The van der Waals surface area contributed by atoms with E-state index in [4.69, 9.17) is 0 Å². The van der Waals surface area contributed by atoms with Gasteiger partial charge in [0.25, 0.3) is 5.69 Å². The van der Waals surface area contributed by atoms with Gasteiger partial charge in [0.2, 0.25) is 0 Å². The van der Waals surface area contributed by atoms with Crippen molar-refractivity contribution in [3.05, 3.63) is 39.9 Å². The van der Waals surface area contributed by atoms with Crippen molar-refractivity contribution in [1.29, 1.82) is 0 Å². The predicted molar refractivity (Wildman–Crippen MR) is 46.2 cm³/mol. The molecule has 0 heterocycles. The molecule has 4 nitrogen and oxygen atoms in total. The molecule has 0 saturated heterocycles. The standard InChI is InChI=1S/C9H9NO3/c11-9(5-6-9)7-3-1-2-4-8(7)10(12)13/h1-4,11H,5-6H2. The molecule has 1 aliphatic carbocycles. The summed E-state index contributed by atoms with van der Waals surface area (Å²) in [4.78, 5) is 10.1. The summed E-state index contributed by atoms with van der Waals surface area (Å²) in [6.07, 6.45) is 1.25. The van der Waals surface area contributed by atoms with Gasteiger partial charge in [-0.1, -0.05) is 12.1 Å². The third-order valence-corrected chi connectivity index (χ3v) is 2.33. The molecule has 0 unspecified atom stereocenters. The molecule has 0 spiro atoms. The number of nitro groups is 1. The van der Waals surface area contributed by atoms with Crippen molar-refractivity contribution in [2.24, 2.45) is 0 Å². The van der Waals surface area contributed by atoms with Crippen molar-refractivity contribution in [1.82, 2.24) is 0 Å². The Morgan fingerprint density at radius 3 is 2.54 bits per heavy atom. The summed E-state index contributed by atoms with van der Waals surface area (Å²) in [5.74, 6) is 0. The van der Waals surface area contributed by atoms with Crippen LogP contribution in [0.1, 0.15) is 18.4 Å². The van der Waals surface area contributed by atoms with Gasteiger partial charge in [-0.15, -0.1) is 0 Å². The Kier molecular flexibility index (Phi) is 1.60. The lowest BCUT2D eigenvalue weighted by Crippen LogP contribution is -2.07. The summed E-state index contributed by atoms with van der Waals surface area (Å²) in [5, 5.41) is 20.3. The minimum absolute atomic E-state index is 0.0162. The first kappa shape index (κ1) is 8.19. The second-order valence-electron chi connectivity index (χ2n) is 3.31. The van der Waals surface area contributed by atoms with Gasteiger partial charge in [-0.25, -0.2) is 0 Å². The van der Waals surface area contributed by atoms with Crippen LogP contribution >= 0.6 is 0 Å². The summed E-state index contributed by atoms with van der Waals surface area (Å²) in [6, 6.07) is 6.35. The summed E-state index contributed by atoms with van der Waals surface area (Å²) in [7, 11) is 0. The molecule has 1 aliphatic rings. The average Bonchev–Trinajstić information content (AvgIpc) is 2.85. The second kappa shape index (κ2) is 2.53. The van der Waals surface area contributed by atoms with Crippen LogP contribution < -0.4 is 0 Å². The van der Waals surface area contributed by atoms with Crippen LogP contribution in [-0.4, -0.2) is 10.0 Å². The molecule has 0 atom stereocenters. The van der Waals surface area contributed by atoms with E-state index in [1.165, 1.54) is 6.07 Å². The second-order valence-corrected chi connectivity index (χ2v) is 3.31. The molecule has 1 fully saturated rings. The van der Waals surface area contributed by atoms with Crippen molar-refractivity contribution in [2.45, 2.75) is 18.4 Å². The number of hydrogen-bond donors (Lipinski definition) is 1. The first-order chi connectivity index (χ1) is 6.13. The van der Waals surface area contributed by atoms with Gasteiger partial charge in [0.05, 0.1) is 16.1 Å². The number of nitrogens with zero attached hydrogens (tertiary/aromatic N) is 1. The molecule has 2 rings (SSSR count). The lowest BCUT2D eigenvalue weighted by molar-refractivity contribution is -0.386. The smallest absolute Gasteiger partial charge is 0.275 e. The van der Waals surface area contributed by atoms with E-state index in [-0.39, 0.29) is 5.69 Å². The molecule has 1 N–H and O–H groups in total. The molecule has 0 bridgehead atoms. The molecule has 4 heteroatoms. The molecular weight excluding hydrogens is 170 g/mol. The van der Waals surface area contributed by atoms with Crippen LogP contribution in [0.5, 0.6) is 0 Å². The lowest BCUT2D eigenvalue weighted by atomic mass is 10.1. The van der Waals surface area contributed by atoms with Gasteiger partial charge in [0.1, 0.15) is 0 Å². The predicted octanol–water partition coefficient (Wildman–Crippen LogP) is 1.58. The zero-order chi connectivity index (χ0) is 9.47. The molecule has 1 aromatic carbocycles. The number of benzene rings is 1. The van der Waals surface area contributed by atoms with Gasteiger partial charge in [-0.3, -0.25) is 10.1 Å². The highest BCUT2D eigenvalue weighted by Crippen LogP contribution is 2.48. The fraction of sp³-hybridized carbons (Fsp3) is 0.333. The first-order valence-corrected chi connectivity index (χ1v) is 4.10. The molecule has 0 radical (unpaired) electrons. The first-order valence-electron chi connectivity index (χ1n) is 4.10. The largest absolute Gasteiger partial charge is 0.385 e. The summed E-state index contributed by atoms with van der Waals surface area (Å²) in [5.41, 5.74) is -0.466. The summed E-state index contributed by atoms with van der Waals surface area (Å²) in [6.45, 7) is 0. The van der Waals surface area contributed by atoms with E-state index in [1.54, 1.807) is 18.2 Å². The van der Waals surface area contributed by atoms with E-state index in [1.807, 2.05) is 0 Å². The Morgan fingerprint density at radius 2 is 2.00 bits per heavy atom. The molecule has 0 aliphatic heterocycles. The maximum absolute atomic E-state index is 10.6. The number of nitro benzene ring substituents is 1. The van der Waals surface area contributed by atoms with Crippen LogP contribution in [0, 0.1) is 10.1 Å². The molecule has 68 valence electrons. The Morgan fingerprint density at radius 1 is 1.38 bits per heavy atom. The highest BCUT2D eigenvalue weighted by Gasteiger charge is 2.46. The highest BCUT2D eigenvalue weighted by molar-refractivity contribution is 5.45. The Balaban J connectivity index is 2.50. The number of rotatable bonds is 2. The number of hydrogen-bond acceptors (Lipinski definition) is 3. The van der Waals surface area contributed by atoms with Crippen LogP contribution in [0.2, 0.25) is 0 Å². The third kappa shape index (κ3) is 1.29. The van der Waals surface area contributed by atoms with Crippen molar-refractivity contribution >= 4 is 5.69 Å². The van der Waals surface area contributed by atoms with Crippen LogP contribution in [0.15, 0.2) is 24.3 Å². The van der Waals surface area contributed by atoms with Gasteiger partial charge in [0.15, 0.2) is 0 Å². The van der Waals surface area contributed by atoms with E-state index < -0.39 is 10.5 Å². The average molecular weight is 179 g/mol. The van der Waals surface area contributed by atoms with Gasteiger partial charge in [-0.2, -0.15) is 0 Å².